The third-order valence-corrected chi connectivity index (χ3v) is 4.27. The van der Waals surface area contributed by atoms with Crippen LogP contribution in [0.1, 0.15) is 47.1 Å². The van der Waals surface area contributed by atoms with E-state index < -0.39 is 40.3 Å². The quantitative estimate of drug-likeness (QED) is 0.304. The van der Waals surface area contributed by atoms with Crippen molar-refractivity contribution in [3.8, 4) is 0 Å². The molecule has 1 N–H and O–H groups in total. The average Bonchev–Trinajstić information content (AvgIpc) is 3.02. The third-order valence-electron chi connectivity index (χ3n) is 4.27. The number of rotatable bonds is 5. The largest absolute Gasteiger partial charge is 0.467 e. The molecular weight excluding hydrogens is 434 g/mol. The molecule has 0 saturated carbocycles. The zero-order valence-corrected chi connectivity index (χ0v) is 19.8. The highest BCUT2D eigenvalue weighted by molar-refractivity contribution is 5.98. The number of non-ortho nitro benzene ring substituents is 1. The van der Waals surface area contributed by atoms with Crippen LogP contribution in [0.2, 0.25) is 0 Å². The Labute approximate surface area is 191 Å². The van der Waals surface area contributed by atoms with Crippen LogP contribution in [-0.2, 0) is 25.4 Å². The number of nitrogens with one attached hydrogen (secondary N) is 1. The van der Waals surface area contributed by atoms with E-state index >= 15 is 0 Å². The molecule has 1 heterocycles. The Kier molecular flexibility index (Phi) is 7.36. The van der Waals surface area contributed by atoms with Crippen LogP contribution in [0.25, 0.3) is 10.9 Å². The number of carbonyl (C=O) groups is 3. The zero-order chi connectivity index (χ0) is 25.1. The second-order valence-corrected chi connectivity index (χ2v) is 9.36. The summed E-state index contributed by atoms with van der Waals surface area (Å²) >= 11 is 0. The van der Waals surface area contributed by atoms with Gasteiger partial charge in [0, 0.05) is 18.7 Å². The summed E-state index contributed by atoms with van der Waals surface area (Å²) in [6.07, 6.45) is -0.432. The first kappa shape index (κ1) is 25.6. The Bertz CT molecular complexity index is 1080. The highest BCUT2D eigenvalue weighted by Gasteiger charge is 2.30. The Balaban J connectivity index is 2.56. The van der Waals surface area contributed by atoms with Crippen LogP contribution in [0.4, 0.5) is 15.3 Å². The van der Waals surface area contributed by atoms with Crippen LogP contribution in [-0.4, -0.2) is 52.0 Å². The summed E-state index contributed by atoms with van der Waals surface area (Å²) in [6.45, 7) is 10.1. The van der Waals surface area contributed by atoms with Gasteiger partial charge in [0.05, 0.1) is 22.9 Å². The van der Waals surface area contributed by atoms with Gasteiger partial charge >= 0.3 is 18.2 Å². The third kappa shape index (κ3) is 6.67. The highest BCUT2D eigenvalue weighted by atomic mass is 16.6. The molecule has 0 aliphatic carbocycles. The number of methoxy groups -OCH3 is 1. The lowest BCUT2D eigenvalue weighted by molar-refractivity contribution is -0.383. The second kappa shape index (κ2) is 9.47. The van der Waals surface area contributed by atoms with E-state index in [1.54, 1.807) is 41.5 Å². The summed E-state index contributed by atoms with van der Waals surface area (Å²) in [5.74, 6) is -0.780. The Morgan fingerprint density at radius 2 is 1.70 bits per heavy atom. The molecule has 0 unspecified atom stereocenters. The summed E-state index contributed by atoms with van der Waals surface area (Å²) < 4.78 is 16.5. The maximum atomic E-state index is 12.8. The number of amides is 1. The van der Waals surface area contributed by atoms with Crippen molar-refractivity contribution in [2.75, 3.05) is 7.11 Å². The van der Waals surface area contributed by atoms with E-state index in [-0.39, 0.29) is 28.6 Å². The fourth-order valence-electron chi connectivity index (χ4n) is 3.12. The van der Waals surface area contributed by atoms with Crippen LogP contribution in [0, 0.1) is 10.1 Å². The van der Waals surface area contributed by atoms with Gasteiger partial charge in [-0.3, -0.25) is 14.7 Å². The second-order valence-electron chi connectivity index (χ2n) is 9.36. The standard InChI is InChI=1S/C22H29N3O8/c1-21(2,3)32-19(27)23-14(18(26)31-7)11-13-12-24(20(28)33-22(4,5)6)15-9-8-10-16(17(13)15)25(29)30/h8-10,12,14H,11H2,1-7H3,(H,23,27)/t14-/m0/s1. The minimum atomic E-state index is -1.22. The predicted octanol–water partition coefficient (Wildman–Crippen LogP) is 3.94. The maximum absolute atomic E-state index is 12.8. The molecule has 0 fully saturated rings. The molecule has 0 aliphatic heterocycles. The first-order valence-corrected chi connectivity index (χ1v) is 10.2. The summed E-state index contributed by atoms with van der Waals surface area (Å²) in [7, 11) is 1.15. The number of esters is 1. The number of ether oxygens (including phenoxy) is 3. The number of aromatic nitrogens is 1. The van der Waals surface area contributed by atoms with Gasteiger partial charge in [-0.1, -0.05) is 6.07 Å². The van der Waals surface area contributed by atoms with Crippen molar-refractivity contribution in [1.29, 1.82) is 0 Å². The molecule has 33 heavy (non-hydrogen) atoms. The van der Waals surface area contributed by atoms with Gasteiger partial charge in [0.2, 0.25) is 0 Å². The molecule has 180 valence electrons. The summed E-state index contributed by atoms with van der Waals surface area (Å²) in [4.78, 5) is 48.5. The molecule has 2 aromatic rings. The molecule has 2 rings (SSSR count). The van der Waals surface area contributed by atoms with Crippen molar-refractivity contribution in [2.45, 2.75) is 65.2 Å². The molecule has 1 atom stereocenters. The number of nitro groups is 1. The molecule has 1 amide bonds. The van der Waals surface area contributed by atoms with Gasteiger partial charge in [-0.2, -0.15) is 0 Å². The molecule has 0 bridgehead atoms. The number of hydrogen-bond acceptors (Lipinski definition) is 8. The van der Waals surface area contributed by atoms with E-state index in [1.807, 2.05) is 0 Å². The van der Waals surface area contributed by atoms with Crippen LogP contribution in [0.3, 0.4) is 0 Å². The molecule has 0 spiro atoms. The summed E-state index contributed by atoms with van der Waals surface area (Å²) in [5, 5.41) is 14.3. The minimum absolute atomic E-state index is 0.147. The molecule has 0 saturated heterocycles. The minimum Gasteiger partial charge on any atom is -0.467 e. The number of hydrogen-bond donors (Lipinski definition) is 1. The smallest absolute Gasteiger partial charge is 0.419 e. The van der Waals surface area contributed by atoms with Gasteiger partial charge in [0.25, 0.3) is 5.69 Å². The normalized spacial score (nSPS) is 12.7. The maximum Gasteiger partial charge on any atom is 0.419 e. The van der Waals surface area contributed by atoms with Crippen molar-refractivity contribution >= 4 is 34.7 Å². The van der Waals surface area contributed by atoms with E-state index in [2.05, 4.69) is 5.32 Å². The van der Waals surface area contributed by atoms with Crippen molar-refractivity contribution in [2.24, 2.45) is 0 Å². The van der Waals surface area contributed by atoms with Crippen LogP contribution in [0.5, 0.6) is 0 Å². The first-order valence-electron chi connectivity index (χ1n) is 10.2. The van der Waals surface area contributed by atoms with E-state index in [0.717, 1.165) is 11.7 Å². The van der Waals surface area contributed by atoms with Crippen LogP contribution >= 0.6 is 0 Å². The summed E-state index contributed by atoms with van der Waals surface area (Å²) in [5.41, 5.74) is -1.37. The molecule has 0 aliphatic rings. The lowest BCUT2D eigenvalue weighted by atomic mass is 10.0. The number of nitro benzene ring substituents is 1. The fraction of sp³-hybridized carbons (Fsp3) is 0.500. The Hall–Kier alpha value is -3.63. The van der Waals surface area contributed by atoms with Gasteiger partial charge in [-0.15, -0.1) is 0 Å². The average molecular weight is 463 g/mol. The number of benzene rings is 1. The summed E-state index contributed by atoms with van der Waals surface area (Å²) in [6, 6.07) is 3.05. The van der Waals surface area contributed by atoms with Crippen molar-refractivity contribution in [1.82, 2.24) is 9.88 Å². The van der Waals surface area contributed by atoms with E-state index in [9.17, 15) is 24.5 Å². The zero-order valence-electron chi connectivity index (χ0n) is 19.8. The lowest BCUT2D eigenvalue weighted by Crippen LogP contribution is -2.45. The van der Waals surface area contributed by atoms with Crippen LogP contribution in [0.15, 0.2) is 24.4 Å². The number of alkyl carbamates (subject to hydrolysis) is 1. The number of fused-ring (bicyclic) bond motifs is 1. The number of carbonyl (C=O) groups excluding carboxylic acids is 3. The van der Waals surface area contributed by atoms with Crippen LogP contribution < -0.4 is 5.32 Å². The highest BCUT2D eigenvalue weighted by Crippen LogP contribution is 2.32. The molecule has 11 heteroatoms. The van der Waals surface area contributed by atoms with Gasteiger partial charge in [0.15, 0.2) is 0 Å². The van der Waals surface area contributed by atoms with E-state index in [0.29, 0.717) is 0 Å². The topological polar surface area (TPSA) is 139 Å². The first-order chi connectivity index (χ1) is 15.1. The van der Waals surface area contributed by atoms with Gasteiger partial charge in [0.1, 0.15) is 17.2 Å². The number of nitrogens with zero attached hydrogens (tertiary/aromatic N) is 2. The van der Waals surface area contributed by atoms with E-state index in [1.165, 1.54) is 24.4 Å². The lowest BCUT2D eigenvalue weighted by Gasteiger charge is -2.22. The SMILES string of the molecule is COC(=O)[C@H](Cc1cn(C(=O)OC(C)(C)C)c2cccc([N+](=O)[O-])c12)NC(=O)OC(C)(C)C. The molecule has 1 aromatic heterocycles. The van der Waals surface area contributed by atoms with Crippen molar-refractivity contribution < 1.29 is 33.5 Å². The molecule has 11 nitrogen and oxygen atoms in total. The molecule has 1 aromatic carbocycles. The van der Waals surface area contributed by atoms with Gasteiger partial charge < -0.3 is 19.5 Å². The molecular formula is C22H29N3O8. The monoisotopic (exact) mass is 463 g/mol. The van der Waals surface area contributed by atoms with Crippen molar-refractivity contribution in [3.05, 3.63) is 40.1 Å². The predicted molar refractivity (Wildman–Crippen MR) is 119 cm³/mol. The molecule has 0 radical (unpaired) electrons. The Morgan fingerprint density at radius 1 is 1.09 bits per heavy atom. The Morgan fingerprint density at radius 3 is 2.21 bits per heavy atom. The van der Waals surface area contributed by atoms with Crippen molar-refractivity contribution in [3.63, 3.8) is 0 Å². The van der Waals surface area contributed by atoms with Gasteiger partial charge in [-0.25, -0.2) is 14.4 Å². The van der Waals surface area contributed by atoms with Gasteiger partial charge in [-0.05, 0) is 53.2 Å². The van der Waals surface area contributed by atoms with E-state index in [4.69, 9.17) is 14.2 Å². The fourth-order valence-corrected chi connectivity index (χ4v) is 3.12.